The SMILES string of the molecule is O=C1OCCC1=Cc1cc(N2C(=O)C3=C(CCCC3)C2=O)c(F)cc1Cl. The fourth-order valence-electron chi connectivity index (χ4n) is 3.56. The van der Waals surface area contributed by atoms with Crippen LogP contribution in [0, 0.1) is 5.82 Å². The molecule has 0 spiro atoms. The van der Waals surface area contributed by atoms with Gasteiger partial charge in [0.1, 0.15) is 5.82 Å². The smallest absolute Gasteiger partial charge is 0.334 e. The number of ether oxygens (including phenoxy) is 1. The van der Waals surface area contributed by atoms with Crippen LogP contribution < -0.4 is 4.90 Å². The zero-order valence-corrected chi connectivity index (χ0v) is 14.6. The van der Waals surface area contributed by atoms with E-state index in [1.54, 1.807) is 0 Å². The Morgan fingerprint density at radius 2 is 1.69 bits per heavy atom. The first-order chi connectivity index (χ1) is 12.5. The third-order valence-corrected chi connectivity index (χ3v) is 5.22. The van der Waals surface area contributed by atoms with Crippen molar-refractivity contribution in [2.75, 3.05) is 11.5 Å². The summed E-state index contributed by atoms with van der Waals surface area (Å²) in [6, 6.07) is 2.39. The summed E-state index contributed by atoms with van der Waals surface area (Å²) in [5.74, 6) is -2.14. The average molecular weight is 376 g/mol. The lowest BCUT2D eigenvalue weighted by Crippen LogP contribution is -2.32. The maximum absolute atomic E-state index is 14.5. The number of imide groups is 1. The minimum atomic E-state index is -0.757. The number of hydrogen-bond donors (Lipinski definition) is 0. The molecule has 0 atom stereocenters. The third-order valence-electron chi connectivity index (χ3n) is 4.89. The Morgan fingerprint density at radius 3 is 2.27 bits per heavy atom. The van der Waals surface area contributed by atoms with Gasteiger partial charge in [-0.25, -0.2) is 14.1 Å². The number of carbonyl (C=O) groups is 3. The summed E-state index contributed by atoms with van der Waals surface area (Å²) in [5.41, 5.74) is 1.60. The highest BCUT2D eigenvalue weighted by Gasteiger charge is 2.41. The third kappa shape index (κ3) is 2.65. The normalized spacial score (nSPS) is 21.7. The lowest BCUT2D eigenvalue weighted by molar-refractivity contribution is -0.135. The second kappa shape index (κ2) is 6.36. The van der Waals surface area contributed by atoms with Gasteiger partial charge in [-0.2, -0.15) is 0 Å². The quantitative estimate of drug-likeness (QED) is 0.450. The van der Waals surface area contributed by atoms with Gasteiger partial charge in [-0.3, -0.25) is 9.59 Å². The molecule has 0 bridgehead atoms. The topological polar surface area (TPSA) is 63.7 Å². The number of nitrogens with zero attached hydrogens (tertiary/aromatic N) is 1. The van der Waals surface area contributed by atoms with Crippen molar-refractivity contribution in [3.8, 4) is 0 Å². The highest BCUT2D eigenvalue weighted by Crippen LogP contribution is 2.38. The summed E-state index contributed by atoms with van der Waals surface area (Å²) in [6.45, 7) is 0.288. The Morgan fingerprint density at radius 1 is 1.04 bits per heavy atom. The molecule has 0 unspecified atom stereocenters. The highest BCUT2D eigenvalue weighted by molar-refractivity contribution is 6.34. The number of amides is 2. The van der Waals surface area contributed by atoms with E-state index in [1.807, 2.05) is 0 Å². The number of carbonyl (C=O) groups excluding carboxylic acids is 3. The molecule has 134 valence electrons. The van der Waals surface area contributed by atoms with Gasteiger partial charge in [0, 0.05) is 23.1 Å². The van der Waals surface area contributed by atoms with Crippen LogP contribution in [0.15, 0.2) is 28.9 Å². The van der Waals surface area contributed by atoms with Crippen molar-refractivity contribution < 1.29 is 23.5 Å². The average Bonchev–Trinajstić information content (AvgIpc) is 3.13. The standard InChI is InChI=1S/C19H15ClFNO4/c20-14-9-15(21)16(8-11(14)7-10-5-6-26-19(10)25)22-17(23)12-3-1-2-4-13(12)18(22)24/h7-9H,1-6H2. The highest BCUT2D eigenvalue weighted by atomic mass is 35.5. The van der Waals surface area contributed by atoms with E-state index in [0.717, 1.165) is 23.8 Å². The molecule has 0 N–H and O–H groups in total. The Labute approximate surface area is 154 Å². The second-order valence-electron chi connectivity index (χ2n) is 6.49. The first-order valence-electron chi connectivity index (χ1n) is 8.45. The molecule has 26 heavy (non-hydrogen) atoms. The molecule has 3 aliphatic rings. The van der Waals surface area contributed by atoms with Gasteiger partial charge >= 0.3 is 5.97 Å². The molecule has 4 rings (SSSR count). The van der Waals surface area contributed by atoms with Crippen LogP contribution >= 0.6 is 11.6 Å². The van der Waals surface area contributed by atoms with Crippen LogP contribution in [0.25, 0.3) is 6.08 Å². The van der Waals surface area contributed by atoms with Crippen LogP contribution in [0.5, 0.6) is 0 Å². The number of rotatable bonds is 2. The van der Waals surface area contributed by atoms with Crippen LogP contribution in [-0.4, -0.2) is 24.4 Å². The molecular formula is C19H15ClFNO4. The number of halogens is 2. The van der Waals surface area contributed by atoms with Crippen molar-refractivity contribution >= 4 is 41.1 Å². The zero-order valence-electron chi connectivity index (χ0n) is 13.8. The van der Waals surface area contributed by atoms with Gasteiger partial charge in [0.2, 0.25) is 0 Å². The Hall–Kier alpha value is -2.47. The summed E-state index contributed by atoms with van der Waals surface area (Å²) < 4.78 is 19.4. The molecular weight excluding hydrogens is 361 g/mol. The van der Waals surface area contributed by atoms with Crippen molar-refractivity contribution in [1.82, 2.24) is 0 Å². The van der Waals surface area contributed by atoms with Crippen LogP contribution in [-0.2, 0) is 19.1 Å². The van der Waals surface area contributed by atoms with Crippen LogP contribution in [0.3, 0.4) is 0 Å². The van der Waals surface area contributed by atoms with Gasteiger partial charge in [0.05, 0.1) is 17.3 Å². The molecule has 1 fully saturated rings. The largest absolute Gasteiger partial charge is 0.462 e. The van der Waals surface area contributed by atoms with Crippen LogP contribution in [0.2, 0.25) is 5.02 Å². The van der Waals surface area contributed by atoms with Crippen molar-refractivity contribution in [2.24, 2.45) is 0 Å². The van der Waals surface area contributed by atoms with Gasteiger partial charge in [-0.05, 0) is 49.5 Å². The Balaban J connectivity index is 1.76. The molecule has 2 heterocycles. The molecule has 1 aliphatic carbocycles. The molecule has 0 radical (unpaired) electrons. The lowest BCUT2D eigenvalue weighted by atomic mass is 9.93. The number of hydrogen-bond acceptors (Lipinski definition) is 4. The number of cyclic esters (lactones) is 1. The fraction of sp³-hybridized carbons (Fsp3) is 0.316. The van der Waals surface area contributed by atoms with E-state index >= 15 is 0 Å². The summed E-state index contributed by atoms with van der Waals surface area (Å²) in [4.78, 5) is 37.8. The number of benzene rings is 1. The molecule has 5 nitrogen and oxygen atoms in total. The van der Waals surface area contributed by atoms with E-state index < -0.39 is 23.6 Å². The predicted molar refractivity (Wildman–Crippen MR) is 93.0 cm³/mol. The molecule has 1 aromatic carbocycles. The maximum atomic E-state index is 14.5. The minimum Gasteiger partial charge on any atom is -0.462 e. The summed E-state index contributed by atoms with van der Waals surface area (Å²) in [5, 5.41) is 0.0928. The van der Waals surface area contributed by atoms with Crippen LogP contribution in [0.1, 0.15) is 37.7 Å². The van der Waals surface area contributed by atoms with E-state index in [4.69, 9.17) is 16.3 Å². The van der Waals surface area contributed by atoms with E-state index in [2.05, 4.69) is 0 Å². The lowest BCUT2D eigenvalue weighted by Gasteiger charge is -2.17. The van der Waals surface area contributed by atoms with Crippen molar-refractivity contribution in [3.63, 3.8) is 0 Å². The van der Waals surface area contributed by atoms with Gasteiger partial charge in [0.15, 0.2) is 0 Å². The van der Waals surface area contributed by atoms with Gasteiger partial charge < -0.3 is 4.74 Å². The zero-order chi connectivity index (χ0) is 18.4. The second-order valence-corrected chi connectivity index (χ2v) is 6.90. The van der Waals surface area contributed by atoms with E-state index in [-0.39, 0.29) is 17.3 Å². The molecule has 1 aromatic rings. The number of esters is 1. The van der Waals surface area contributed by atoms with Crippen molar-refractivity contribution in [1.29, 1.82) is 0 Å². The monoisotopic (exact) mass is 375 g/mol. The molecule has 1 saturated heterocycles. The Kier molecular flexibility index (Phi) is 4.15. The number of anilines is 1. The maximum Gasteiger partial charge on any atom is 0.334 e. The Bertz CT molecular complexity index is 890. The summed E-state index contributed by atoms with van der Waals surface area (Å²) in [6.07, 6.45) is 4.70. The summed E-state index contributed by atoms with van der Waals surface area (Å²) >= 11 is 6.09. The molecule has 2 amide bonds. The van der Waals surface area contributed by atoms with Gasteiger partial charge in [-0.15, -0.1) is 0 Å². The van der Waals surface area contributed by atoms with E-state index in [1.165, 1.54) is 12.1 Å². The fourth-order valence-corrected chi connectivity index (χ4v) is 3.77. The molecule has 0 saturated carbocycles. The van der Waals surface area contributed by atoms with E-state index in [0.29, 0.717) is 41.5 Å². The predicted octanol–water partition coefficient (Wildman–Crippen LogP) is 3.55. The molecule has 2 aliphatic heterocycles. The van der Waals surface area contributed by atoms with Gasteiger partial charge in [0.25, 0.3) is 11.8 Å². The van der Waals surface area contributed by atoms with Gasteiger partial charge in [-0.1, -0.05) is 11.6 Å². The van der Waals surface area contributed by atoms with Crippen molar-refractivity contribution in [3.05, 3.63) is 45.3 Å². The van der Waals surface area contributed by atoms with Crippen LogP contribution in [0.4, 0.5) is 10.1 Å². The molecule has 7 heteroatoms. The van der Waals surface area contributed by atoms with E-state index in [9.17, 15) is 18.8 Å². The first kappa shape index (κ1) is 17.0. The minimum absolute atomic E-state index is 0.0928. The molecule has 0 aromatic heterocycles. The van der Waals surface area contributed by atoms with Crippen molar-refractivity contribution in [2.45, 2.75) is 32.1 Å². The first-order valence-corrected chi connectivity index (χ1v) is 8.82. The summed E-state index contributed by atoms with van der Waals surface area (Å²) in [7, 11) is 0.